The largest absolute Gasteiger partial charge is 0.368 e. The maximum absolute atomic E-state index is 5.66. The molecule has 19 heavy (non-hydrogen) atoms. The van der Waals surface area contributed by atoms with E-state index in [9.17, 15) is 0 Å². The Hall–Kier alpha value is -2.15. The lowest BCUT2D eigenvalue weighted by Gasteiger charge is -2.08. The summed E-state index contributed by atoms with van der Waals surface area (Å²) in [5.41, 5.74) is 8.10. The van der Waals surface area contributed by atoms with Gasteiger partial charge in [-0.05, 0) is 11.6 Å². The van der Waals surface area contributed by atoms with Crippen LogP contribution in [0, 0.1) is 0 Å². The van der Waals surface area contributed by atoms with Crippen molar-refractivity contribution < 1.29 is 0 Å². The van der Waals surface area contributed by atoms with Crippen LogP contribution in [0.25, 0.3) is 11.2 Å². The summed E-state index contributed by atoms with van der Waals surface area (Å²) in [5, 5.41) is 3.24. The van der Waals surface area contributed by atoms with Crippen LogP contribution in [0.3, 0.4) is 0 Å². The highest BCUT2D eigenvalue weighted by Crippen LogP contribution is 2.20. The molecular weight excluding hydrogens is 308 g/mol. The summed E-state index contributed by atoms with van der Waals surface area (Å²) in [6.45, 7) is 0.631. The van der Waals surface area contributed by atoms with Crippen molar-refractivity contribution >= 4 is 38.9 Å². The minimum atomic E-state index is 0.203. The third-order valence-corrected chi connectivity index (χ3v) is 3.48. The first kappa shape index (κ1) is 11.9. The Kier molecular flexibility index (Phi) is 3.04. The number of imidazole rings is 1. The van der Waals surface area contributed by atoms with Gasteiger partial charge in [0.2, 0.25) is 5.95 Å². The van der Waals surface area contributed by atoms with E-state index < -0.39 is 0 Å². The van der Waals surface area contributed by atoms with Crippen LogP contribution in [0.1, 0.15) is 5.56 Å². The van der Waals surface area contributed by atoms with E-state index in [2.05, 4.69) is 41.2 Å². The minimum absolute atomic E-state index is 0.203. The molecule has 0 radical (unpaired) electrons. The van der Waals surface area contributed by atoms with Gasteiger partial charge in [0, 0.05) is 11.0 Å². The first-order valence-electron chi connectivity index (χ1n) is 5.68. The number of nitrogens with two attached hydrogens (primary N) is 1. The van der Waals surface area contributed by atoms with Gasteiger partial charge in [0.15, 0.2) is 11.5 Å². The first-order valence-corrected chi connectivity index (χ1v) is 6.47. The molecule has 7 heteroatoms. The predicted octanol–water partition coefficient (Wildman–Crippen LogP) is 2.31. The van der Waals surface area contributed by atoms with Crippen LogP contribution in [0.2, 0.25) is 0 Å². The summed E-state index contributed by atoms with van der Waals surface area (Å²) >= 11 is 3.51. The Morgan fingerprint density at radius 3 is 2.95 bits per heavy atom. The van der Waals surface area contributed by atoms with Crippen molar-refractivity contribution in [3.8, 4) is 0 Å². The highest BCUT2D eigenvalue weighted by atomic mass is 79.9. The van der Waals surface area contributed by atoms with E-state index in [1.165, 1.54) is 0 Å². The lowest BCUT2D eigenvalue weighted by Crippen LogP contribution is -2.05. The van der Waals surface area contributed by atoms with Gasteiger partial charge in [-0.25, -0.2) is 4.98 Å². The molecule has 0 fully saturated rings. The molecule has 0 saturated carbocycles. The minimum Gasteiger partial charge on any atom is -0.368 e. The predicted molar refractivity (Wildman–Crippen MR) is 77.6 cm³/mol. The van der Waals surface area contributed by atoms with Gasteiger partial charge in [-0.15, -0.1) is 0 Å². The van der Waals surface area contributed by atoms with Crippen LogP contribution in [0.4, 0.5) is 11.8 Å². The van der Waals surface area contributed by atoms with Crippen molar-refractivity contribution in [2.75, 3.05) is 11.1 Å². The average Bonchev–Trinajstić information content (AvgIpc) is 2.85. The lowest BCUT2D eigenvalue weighted by molar-refractivity contribution is 1.10. The SMILES string of the molecule is Nc1nc(NCc2ccccc2Br)c2[nH]cnc2n1. The lowest BCUT2D eigenvalue weighted by atomic mass is 10.2. The number of aromatic nitrogens is 4. The van der Waals surface area contributed by atoms with Crippen LogP contribution < -0.4 is 11.1 Å². The van der Waals surface area contributed by atoms with Crippen LogP contribution >= 0.6 is 15.9 Å². The number of fused-ring (bicyclic) bond motifs is 1. The Morgan fingerprint density at radius 2 is 2.11 bits per heavy atom. The Balaban J connectivity index is 1.90. The average molecular weight is 319 g/mol. The monoisotopic (exact) mass is 318 g/mol. The molecule has 3 rings (SSSR count). The second-order valence-electron chi connectivity index (χ2n) is 3.98. The number of hydrogen-bond donors (Lipinski definition) is 3. The summed E-state index contributed by atoms with van der Waals surface area (Å²) in [5.74, 6) is 0.852. The molecule has 2 aromatic heterocycles. The van der Waals surface area contributed by atoms with Gasteiger partial charge < -0.3 is 16.0 Å². The first-order chi connectivity index (χ1) is 9.24. The molecular formula is C12H11BrN6. The van der Waals surface area contributed by atoms with Crippen molar-refractivity contribution in [3.63, 3.8) is 0 Å². The van der Waals surface area contributed by atoms with E-state index in [0.717, 1.165) is 15.6 Å². The van der Waals surface area contributed by atoms with E-state index in [0.29, 0.717) is 18.0 Å². The molecule has 0 aliphatic carbocycles. The van der Waals surface area contributed by atoms with E-state index in [4.69, 9.17) is 5.73 Å². The van der Waals surface area contributed by atoms with Gasteiger partial charge in [0.1, 0.15) is 5.52 Å². The van der Waals surface area contributed by atoms with Gasteiger partial charge >= 0.3 is 0 Å². The third kappa shape index (κ3) is 2.37. The number of H-pyrrole nitrogens is 1. The smallest absolute Gasteiger partial charge is 0.224 e. The zero-order chi connectivity index (χ0) is 13.2. The van der Waals surface area contributed by atoms with Crippen LogP contribution in [-0.4, -0.2) is 19.9 Å². The Bertz CT molecular complexity index is 723. The molecule has 3 aromatic rings. The van der Waals surface area contributed by atoms with E-state index in [-0.39, 0.29) is 5.95 Å². The number of hydrogen-bond acceptors (Lipinski definition) is 5. The molecule has 0 aliphatic rings. The Morgan fingerprint density at radius 1 is 1.26 bits per heavy atom. The molecule has 0 unspecified atom stereocenters. The van der Waals surface area contributed by atoms with Crippen LogP contribution in [-0.2, 0) is 6.54 Å². The fourth-order valence-electron chi connectivity index (χ4n) is 1.80. The number of nitrogens with one attached hydrogen (secondary N) is 2. The summed E-state index contributed by atoms with van der Waals surface area (Å²) in [6, 6.07) is 7.99. The standard InChI is InChI=1S/C12H11BrN6/c13-8-4-2-1-3-7(8)5-15-10-9-11(17-6-16-9)19-12(14)18-10/h1-4,6H,5H2,(H4,14,15,16,17,18,19). The van der Waals surface area contributed by atoms with Crippen molar-refractivity contribution in [2.45, 2.75) is 6.54 Å². The molecule has 0 atom stereocenters. The van der Waals surface area contributed by atoms with Crippen LogP contribution in [0.5, 0.6) is 0 Å². The number of anilines is 2. The maximum atomic E-state index is 5.66. The van der Waals surface area contributed by atoms with Gasteiger partial charge in [-0.1, -0.05) is 34.1 Å². The highest BCUT2D eigenvalue weighted by molar-refractivity contribution is 9.10. The highest BCUT2D eigenvalue weighted by Gasteiger charge is 2.08. The van der Waals surface area contributed by atoms with Gasteiger partial charge in [-0.2, -0.15) is 9.97 Å². The molecule has 0 spiro atoms. The quantitative estimate of drug-likeness (QED) is 0.689. The molecule has 1 aromatic carbocycles. The van der Waals surface area contributed by atoms with E-state index >= 15 is 0 Å². The molecule has 0 bridgehead atoms. The molecule has 2 heterocycles. The van der Waals surface area contributed by atoms with Crippen LogP contribution in [0.15, 0.2) is 35.1 Å². The zero-order valence-electron chi connectivity index (χ0n) is 9.89. The van der Waals surface area contributed by atoms with Gasteiger partial charge in [0.05, 0.1) is 6.33 Å². The number of rotatable bonds is 3. The zero-order valence-corrected chi connectivity index (χ0v) is 11.5. The second-order valence-corrected chi connectivity index (χ2v) is 4.83. The topological polar surface area (TPSA) is 92.5 Å². The molecule has 4 N–H and O–H groups in total. The van der Waals surface area contributed by atoms with Crippen molar-refractivity contribution in [3.05, 3.63) is 40.6 Å². The van der Waals surface area contributed by atoms with Crippen molar-refractivity contribution in [1.82, 2.24) is 19.9 Å². The normalized spacial score (nSPS) is 10.8. The molecule has 0 saturated heterocycles. The summed E-state index contributed by atoms with van der Waals surface area (Å²) in [6.07, 6.45) is 1.57. The number of nitrogen functional groups attached to an aromatic ring is 1. The number of halogens is 1. The molecule has 0 aliphatic heterocycles. The Labute approximate surface area is 117 Å². The third-order valence-electron chi connectivity index (χ3n) is 2.71. The molecule has 0 amide bonds. The number of benzene rings is 1. The maximum Gasteiger partial charge on any atom is 0.224 e. The summed E-state index contributed by atoms with van der Waals surface area (Å²) < 4.78 is 1.05. The molecule has 96 valence electrons. The van der Waals surface area contributed by atoms with Crippen molar-refractivity contribution in [2.24, 2.45) is 0 Å². The number of nitrogens with zero attached hydrogens (tertiary/aromatic N) is 3. The molecule has 6 nitrogen and oxygen atoms in total. The van der Waals surface area contributed by atoms with Gasteiger partial charge in [0.25, 0.3) is 0 Å². The van der Waals surface area contributed by atoms with Crippen molar-refractivity contribution in [1.29, 1.82) is 0 Å². The summed E-state index contributed by atoms with van der Waals surface area (Å²) in [4.78, 5) is 15.3. The fraction of sp³-hybridized carbons (Fsp3) is 0.0833. The van der Waals surface area contributed by atoms with E-state index in [1.54, 1.807) is 6.33 Å². The number of aromatic amines is 1. The fourth-order valence-corrected chi connectivity index (χ4v) is 2.22. The second kappa shape index (κ2) is 4.85. The van der Waals surface area contributed by atoms with E-state index in [1.807, 2.05) is 24.3 Å². The van der Waals surface area contributed by atoms with Gasteiger partial charge in [-0.3, -0.25) is 0 Å². The summed E-state index contributed by atoms with van der Waals surface area (Å²) in [7, 11) is 0.